The number of hydrogen-bond donors (Lipinski definition) is 0. The molecule has 30 heavy (non-hydrogen) atoms. The van der Waals surface area contributed by atoms with Gasteiger partial charge >= 0.3 is 6.01 Å². The molecule has 2 unspecified atom stereocenters. The lowest BCUT2D eigenvalue weighted by molar-refractivity contribution is -0.116. The predicted molar refractivity (Wildman–Crippen MR) is 110 cm³/mol. The Bertz CT molecular complexity index is 953. The van der Waals surface area contributed by atoms with Crippen LogP contribution in [-0.4, -0.2) is 48.0 Å². The van der Waals surface area contributed by atoms with Gasteiger partial charge in [-0.15, -0.1) is 0 Å². The highest BCUT2D eigenvalue weighted by Gasteiger charge is 2.35. The van der Waals surface area contributed by atoms with Crippen molar-refractivity contribution in [3.05, 3.63) is 35.4 Å². The molecule has 158 valence electrons. The summed E-state index contributed by atoms with van der Waals surface area (Å²) in [5, 5.41) is 0. The number of aliphatic imine (C=N–C) groups is 1. The van der Waals surface area contributed by atoms with E-state index in [0.29, 0.717) is 29.0 Å². The van der Waals surface area contributed by atoms with Gasteiger partial charge in [0.25, 0.3) is 0 Å². The summed E-state index contributed by atoms with van der Waals surface area (Å²) in [6.45, 7) is 1.56. The van der Waals surface area contributed by atoms with Gasteiger partial charge in [0.1, 0.15) is 17.6 Å². The molecule has 0 spiro atoms. The van der Waals surface area contributed by atoms with E-state index in [1.54, 1.807) is 19.1 Å². The Morgan fingerprint density at radius 1 is 1.13 bits per heavy atom. The van der Waals surface area contributed by atoms with Gasteiger partial charge in [-0.1, -0.05) is 18.6 Å². The number of benzene rings is 1. The van der Waals surface area contributed by atoms with Crippen LogP contribution < -0.4 is 14.2 Å². The average Bonchev–Trinajstić information content (AvgIpc) is 3.16. The fourth-order valence-electron chi connectivity index (χ4n) is 3.87. The lowest BCUT2D eigenvalue weighted by Crippen LogP contribution is -2.26. The van der Waals surface area contributed by atoms with Gasteiger partial charge in [-0.3, -0.25) is 4.79 Å². The standard InChI is InChI=1S/C22H25N3O5/c1-13(26)11-14-7-6-10-17(30-22-24-18(27-2)12-19(25-22)28-3)20(14)21-23-15-8-4-5-9-16(15)29-21/h6-7,10,12,15-16H,4-5,8-9,11H2,1-3H3. The van der Waals surface area contributed by atoms with E-state index in [0.717, 1.165) is 31.2 Å². The van der Waals surface area contributed by atoms with Crippen molar-refractivity contribution in [1.82, 2.24) is 9.97 Å². The lowest BCUT2D eigenvalue weighted by atomic mass is 9.94. The van der Waals surface area contributed by atoms with E-state index in [-0.39, 0.29) is 30.4 Å². The van der Waals surface area contributed by atoms with Gasteiger partial charge in [-0.25, -0.2) is 4.99 Å². The van der Waals surface area contributed by atoms with E-state index < -0.39 is 0 Å². The highest BCUT2D eigenvalue weighted by molar-refractivity contribution is 6.00. The SMILES string of the molecule is COc1cc(OC)nc(Oc2cccc(CC(C)=O)c2C2=NC3CCCCC3O2)n1. The number of nitrogens with zero attached hydrogens (tertiary/aromatic N) is 3. The number of hydrogen-bond acceptors (Lipinski definition) is 8. The van der Waals surface area contributed by atoms with Crippen molar-refractivity contribution in [2.24, 2.45) is 4.99 Å². The van der Waals surface area contributed by atoms with Crippen LogP contribution in [-0.2, 0) is 16.0 Å². The topological polar surface area (TPSA) is 92.1 Å². The van der Waals surface area contributed by atoms with E-state index in [9.17, 15) is 4.79 Å². The minimum Gasteiger partial charge on any atom is -0.481 e. The van der Waals surface area contributed by atoms with E-state index >= 15 is 0 Å². The fourth-order valence-corrected chi connectivity index (χ4v) is 3.87. The molecule has 2 heterocycles. The number of methoxy groups -OCH3 is 2. The summed E-state index contributed by atoms with van der Waals surface area (Å²) >= 11 is 0. The zero-order valence-electron chi connectivity index (χ0n) is 17.4. The van der Waals surface area contributed by atoms with Gasteiger partial charge in [0, 0.05) is 6.42 Å². The van der Waals surface area contributed by atoms with Crippen molar-refractivity contribution < 1.29 is 23.7 Å². The molecule has 8 heteroatoms. The fraction of sp³-hybridized carbons (Fsp3) is 0.455. The monoisotopic (exact) mass is 411 g/mol. The van der Waals surface area contributed by atoms with E-state index in [1.807, 2.05) is 12.1 Å². The first-order valence-electron chi connectivity index (χ1n) is 10.1. The van der Waals surface area contributed by atoms with Gasteiger partial charge in [0.05, 0.1) is 31.9 Å². The van der Waals surface area contributed by atoms with Gasteiger partial charge in [-0.2, -0.15) is 9.97 Å². The average molecular weight is 411 g/mol. The summed E-state index contributed by atoms with van der Waals surface area (Å²) in [7, 11) is 3.01. The maximum atomic E-state index is 11.9. The maximum absolute atomic E-state index is 11.9. The summed E-state index contributed by atoms with van der Waals surface area (Å²) in [4.78, 5) is 25.2. The molecule has 0 amide bonds. The largest absolute Gasteiger partial charge is 0.481 e. The van der Waals surface area contributed by atoms with Crippen LogP contribution in [0.1, 0.15) is 43.7 Å². The molecule has 0 radical (unpaired) electrons. The van der Waals surface area contributed by atoms with Crippen LogP contribution in [0.4, 0.5) is 0 Å². The van der Waals surface area contributed by atoms with Crippen molar-refractivity contribution in [3.63, 3.8) is 0 Å². The van der Waals surface area contributed by atoms with E-state index in [2.05, 4.69) is 9.97 Å². The first kappa shape index (κ1) is 20.1. The highest BCUT2D eigenvalue weighted by atomic mass is 16.5. The Kier molecular flexibility index (Phi) is 5.83. The first-order valence-corrected chi connectivity index (χ1v) is 10.1. The third-order valence-electron chi connectivity index (χ3n) is 5.26. The molecule has 0 N–H and O–H groups in total. The normalized spacial score (nSPS) is 20.0. The smallest absolute Gasteiger partial charge is 0.328 e. The molecule has 1 saturated carbocycles. The van der Waals surface area contributed by atoms with Crippen molar-refractivity contribution >= 4 is 11.7 Å². The molecule has 2 atom stereocenters. The summed E-state index contributed by atoms with van der Waals surface area (Å²) in [6, 6.07) is 7.31. The molecule has 8 nitrogen and oxygen atoms in total. The minimum atomic E-state index is 0.0451. The summed E-state index contributed by atoms with van der Waals surface area (Å²) in [5.41, 5.74) is 1.47. The number of aromatic nitrogens is 2. The minimum absolute atomic E-state index is 0.0451. The Labute approximate surface area is 175 Å². The van der Waals surface area contributed by atoms with Crippen LogP contribution in [0, 0.1) is 0 Å². The molecular weight excluding hydrogens is 386 g/mol. The second kappa shape index (κ2) is 8.69. The van der Waals surface area contributed by atoms with Crippen LogP contribution in [0.5, 0.6) is 23.5 Å². The van der Waals surface area contributed by atoms with Crippen LogP contribution in [0.2, 0.25) is 0 Å². The Morgan fingerprint density at radius 3 is 2.53 bits per heavy atom. The summed E-state index contributed by atoms with van der Waals surface area (Å²) < 4.78 is 22.6. The lowest BCUT2D eigenvalue weighted by Gasteiger charge is -2.22. The molecule has 0 bridgehead atoms. The quantitative estimate of drug-likeness (QED) is 0.688. The maximum Gasteiger partial charge on any atom is 0.328 e. The van der Waals surface area contributed by atoms with Crippen LogP contribution in [0.15, 0.2) is 29.3 Å². The third kappa shape index (κ3) is 4.22. The number of fused-ring (bicyclic) bond motifs is 1. The molecule has 1 aliphatic carbocycles. The Balaban J connectivity index is 1.74. The number of ether oxygens (including phenoxy) is 4. The third-order valence-corrected chi connectivity index (χ3v) is 5.26. The molecule has 4 rings (SSSR count). The zero-order chi connectivity index (χ0) is 21.1. The van der Waals surface area contributed by atoms with Crippen molar-refractivity contribution in [2.45, 2.75) is 51.2 Å². The van der Waals surface area contributed by atoms with Gasteiger partial charge in [0.15, 0.2) is 0 Å². The van der Waals surface area contributed by atoms with E-state index in [4.69, 9.17) is 23.9 Å². The van der Waals surface area contributed by atoms with Crippen molar-refractivity contribution in [1.29, 1.82) is 0 Å². The molecule has 1 aromatic heterocycles. The second-order valence-corrected chi connectivity index (χ2v) is 7.45. The molecular formula is C22H25N3O5. The second-order valence-electron chi connectivity index (χ2n) is 7.45. The van der Waals surface area contributed by atoms with Crippen LogP contribution in [0.25, 0.3) is 0 Å². The number of Topliss-reactive ketones (excluding diaryl/α,β-unsaturated/α-hetero) is 1. The van der Waals surface area contributed by atoms with Crippen LogP contribution in [0.3, 0.4) is 0 Å². The Morgan fingerprint density at radius 2 is 1.87 bits per heavy atom. The van der Waals surface area contributed by atoms with E-state index in [1.165, 1.54) is 14.2 Å². The molecule has 1 aliphatic heterocycles. The van der Waals surface area contributed by atoms with Crippen molar-refractivity contribution in [2.75, 3.05) is 14.2 Å². The molecule has 2 aromatic rings. The highest BCUT2D eigenvalue weighted by Crippen LogP contribution is 2.35. The molecule has 2 aliphatic rings. The van der Waals surface area contributed by atoms with Crippen molar-refractivity contribution in [3.8, 4) is 23.5 Å². The Hall–Kier alpha value is -3.16. The van der Waals surface area contributed by atoms with Gasteiger partial charge < -0.3 is 18.9 Å². The van der Waals surface area contributed by atoms with Crippen LogP contribution >= 0.6 is 0 Å². The molecule has 1 fully saturated rings. The molecule has 0 saturated heterocycles. The molecule has 1 aromatic carbocycles. The first-order chi connectivity index (χ1) is 14.6. The number of ketones is 1. The van der Waals surface area contributed by atoms with Gasteiger partial charge in [0.2, 0.25) is 17.7 Å². The summed E-state index contributed by atoms with van der Waals surface area (Å²) in [5.74, 6) is 1.68. The number of carbonyl (C=O) groups excluding carboxylic acids is 1. The number of rotatable bonds is 7. The number of carbonyl (C=O) groups is 1. The zero-order valence-corrected chi connectivity index (χ0v) is 17.4. The van der Waals surface area contributed by atoms with Gasteiger partial charge in [-0.05, 0) is 37.8 Å². The summed E-state index contributed by atoms with van der Waals surface area (Å²) in [6.07, 6.45) is 4.62. The predicted octanol–water partition coefficient (Wildman–Crippen LogP) is 3.51.